The Morgan fingerprint density at radius 1 is 1.20 bits per heavy atom. The van der Waals surface area contributed by atoms with Crippen LogP contribution in [0.4, 0.5) is 0 Å². The molecule has 0 amide bonds. The van der Waals surface area contributed by atoms with E-state index in [0.29, 0.717) is 12.5 Å². The van der Waals surface area contributed by atoms with Crippen molar-refractivity contribution in [3.05, 3.63) is 51.8 Å². The molecule has 1 aromatic carbocycles. The quantitative estimate of drug-likeness (QED) is 0.530. The van der Waals surface area contributed by atoms with E-state index in [2.05, 4.69) is 39.0 Å². The van der Waals surface area contributed by atoms with E-state index in [9.17, 15) is 14.7 Å². The van der Waals surface area contributed by atoms with Gasteiger partial charge in [0.15, 0.2) is 5.43 Å². The largest absolute Gasteiger partial charge is 0.477 e. The van der Waals surface area contributed by atoms with Gasteiger partial charge in [0.25, 0.3) is 0 Å². The van der Waals surface area contributed by atoms with E-state index in [1.54, 1.807) is 0 Å². The van der Waals surface area contributed by atoms with Crippen LogP contribution in [0.15, 0.2) is 35.3 Å². The van der Waals surface area contributed by atoms with Crippen LogP contribution in [-0.2, 0) is 17.7 Å². The summed E-state index contributed by atoms with van der Waals surface area (Å²) in [6.45, 7) is 12.7. The van der Waals surface area contributed by atoms with Crippen molar-refractivity contribution in [2.45, 2.75) is 72.9 Å². The van der Waals surface area contributed by atoms with E-state index in [4.69, 9.17) is 9.84 Å². The summed E-state index contributed by atoms with van der Waals surface area (Å²) in [5.74, 6) is -0.507. The molecule has 1 unspecified atom stereocenters. The number of rotatable bonds is 4. The van der Waals surface area contributed by atoms with Gasteiger partial charge in [0.2, 0.25) is 0 Å². The molecule has 188 valence electrons. The molecule has 2 aliphatic rings. The van der Waals surface area contributed by atoms with Crippen LogP contribution in [0.3, 0.4) is 0 Å². The first-order valence-electron chi connectivity index (χ1n) is 12.8. The molecule has 0 bridgehead atoms. The molecule has 0 spiro atoms. The maximum absolute atomic E-state index is 12.7. The SMILES string of the molecule is CC.CC(C)(C)C1Cn2nc3c(CCC4CCOCC4)cccc3c2-c2cc(=O)c(C(=O)O)cn21. The molecule has 1 fully saturated rings. The lowest BCUT2D eigenvalue weighted by molar-refractivity contribution is 0.0640. The van der Waals surface area contributed by atoms with Crippen LogP contribution in [0.2, 0.25) is 0 Å². The van der Waals surface area contributed by atoms with E-state index in [-0.39, 0.29) is 17.0 Å². The molecule has 3 aromatic rings. The Morgan fingerprint density at radius 2 is 1.91 bits per heavy atom. The highest BCUT2D eigenvalue weighted by atomic mass is 16.5. The third kappa shape index (κ3) is 4.79. The zero-order chi connectivity index (χ0) is 25.3. The number of carboxylic acid groups (broad SMARTS) is 1. The Labute approximate surface area is 206 Å². The average Bonchev–Trinajstić information content (AvgIpc) is 3.22. The molecule has 1 N–H and O–H groups in total. The van der Waals surface area contributed by atoms with Gasteiger partial charge in [0, 0.05) is 30.9 Å². The van der Waals surface area contributed by atoms with Crippen molar-refractivity contribution in [1.82, 2.24) is 14.3 Å². The third-order valence-electron chi connectivity index (χ3n) is 7.25. The summed E-state index contributed by atoms with van der Waals surface area (Å²) < 4.78 is 9.50. The number of fused-ring (bicyclic) bond motifs is 5. The molecule has 7 heteroatoms. The lowest BCUT2D eigenvalue weighted by Crippen LogP contribution is -2.35. The Kier molecular flexibility index (Phi) is 7.17. The van der Waals surface area contributed by atoms with Gasteiger partial charge in [-0.2, -0.15) is 5.10 Å². The maximum atomic E-state index is 12.7. The fourth-order valence-electron chi connectivity index (χ4n) is 5.31. The summed E-state index contributed by atoms with van der Waals surface area (Å²) >= 11 is 0. The standard InChI is InChI=1S/C26H31N3O4.C2H6/c1-26(2,3)22-15-29-24(20-13-21(30)19(25(31)32)14-28(20)22)18-6-4-5-17(23(18)27-29)8-7-16-9-11-33-12-10-16;1-2/h4-6,13-14,16,22H,7-12,15H2,1-3H3,(H,31,32);1-2H3. The van der Waals surface area contributed by atoms with Crippen LogP contribution < -0.4 is 5.43 Å². The predicted octanol–water partition coefficient (Wildman–Crippen LogP) is 5.55. The molecule has 1 saturated heterocycles. The highest BCUT2D eigenvalue weighted by Gasteiger charge is 2.35. The molecule has 1 atom stereocenters. The number of carbonyl (C=O) groups is 1. The Balaban J connectivity index is 0.00000141. The van der Waals surface area contributed by atoms with E-state index < -0.39 is 11.4 Å². The highest BCUT2D eigenvalue weighted by molar-refractivity contribution is 5.95. The molecule has 0 aliphatic carbocycles. The summed E-state index contributed by atoms with van der Waals surface area (Å²) in [6.07, 6.45) is 5.84. The molecule has 0 saturated carbocycles. The second kappa shape index (κ2) is 9.97. The molecule has 2 aromatic heterocycles. The van der Waals surface area contributed by atoms with Gasteiger partial charge in [0.1, 0.15) is 5.56 Å². The number of hydrogen-bond acceptors (Lipinski definition) is 4. The van der Waals surface area contributed by atoms with Crippen LogP contribution >= 0.6 is 0 Å². The van der Waals surface area contributed by atoms with Gasteiger partial charge in [0.05, 0.1) is 29.5 Å². The number of benzene rings is 1. The molecule has 35 heavy (non-hydrogen) atoms. The van der Waals surface area contributed by atoms with Gasteiger partial charge in [-0.15, -0.1) is 0 Å². The summed E-state index contributed by atoms with van der Waals surface area (Å²) in [4.78, 5) is 24.3. The van der Waals surface area contributed by atoms with Gasteiger partial charge in [-0.1, -0.05) is 52.8 Å². The van der Waals surface area contributed by atoms with Crippen molar-refractivity contribution in [2.75, 3.05) is 13.2 Å². The van der Waals surface area contributed by atoms with Crippen molar-refractivity contribution in [3.8, 4) is 11.4 Å². The third-order valence-corrected chi connectivity index (χ3v) is 7.25. The van der Waals surface area contributed by atoms with Gasteiger partial charge >= 0.3 is 5.97 Å². The van der Waals surface area contributed by atoms with E-state index in [0.717, 1.165) is 61.2 Å². The predicted molar refractivity (Wildman–Crippen MR) is 138 cm³/mol. The van der Waals surface area contributed by atoms with Crippen LogP contribution in [0.25, 0.3) is 22.3 Å². The topological polar surface area (TPSA) is 86.3 Å². The van der Waals surface area contributed by atoms with Gasteiger partial charge in [-0.05, 0) is 42.6 Å². The summed E-state index contributed by atoms with van der Waals surface area (Å²) in [6, 6.07) is 7.72. The number of hydrogen-bond donors (Lipinski definition) is 1. The Hall–Kier alpha value is -2.93. The van der Waals surface area contributed by atoms with Crippen LogP contribution in [0.5, 0.6) is 0 Å². The zero-order valence-electron chi connectivity index (χ0n) is 21.5. The Morgan fingerprint density at radius 3 is 2.57 bits per heavy atom. The Bertz CT molecular complexity index is 1280. The smallest absolute Gasteiger partial charge is 0.341 e. The lowest BCUT2D eigenvalue weighted by atomic mass is 9.84. The number of carboxylic acids is 1. The number of ether oxygens (including phenoxy) is 1. The maximum Gasteiger partial charge on any atom is 0.341 e. The number of aromatic nitrogens is 3. The van der Waals surface area contributed by atoms with Crippen LogP contribution in [0.1, 0.15) is 75.8 Å². The highest BCUT2D eigenvalue weighted by Crippen LogP contribution is 2.42. The average molecular weight is 480 g/mol. The first-order valence-corrected chi connectivity index (χ1v) is 12.8. The van der Waals surface area contributed by atoms with Crippen molar-refractivity contribution < 1.29 is 14.6 Å². The minimum atomic E-state index is -1.19. The summed E-state index contributed by atoms with van der Waals surface area (Å²) in [5.41, 5.74) is 3.02. The summed E-state index contributed by atoms with van der Waals surface area (Å²) in [7, 11) is 0. The molecule has 5 rings (SSSR count). The number of pyridine rings is 1. The normalized spacial score (nSPS) is 17.9. The van der Waals surface area contributed by atoms with Crippen LogP contribution in [0, 0.1) is 11.3 Å². The molecule has 0 radical (unpaired) electrons. The van der Waals surface area contributed by atoms with Crippen molar-refractivity contribution in [3.63, 3.8) is 0 Å². The number of aromatic carboxylic acids is 1. The first kappa shape index (κ1) is 25.2. The second-order valence-corrected chi connectivity index (χ2v) is 10.5. The number of aryl methyl sites for hydroxylation is 1. The first-order chi connectivity index (χ1) is 16.7. The van der Waals surface area contributed by atoms with Crippen molar-refractivity contribution in [1.29, 1.82) is 0 Å². The van der Waals surface area contributed by atoms with Crippen molar-refractivity contribution >= 4 is 16.9 Å². The minimum Gasteiger partial charge on any atom is -0.477 e. The fourth-order valence-corrected chi connectivity index (χ4v) is 5.31. The lowest BCUT2D eigenvalue weighted by Gasteiger charge is -2.38. The van der Waals surface area contributed by atoms with Gasteiger partial charge < -0.3 is 14.4 Å². The number of nitrogens with zero attached hydrogens (tertiary/aromatic N) is 3. The van der Waals surface area contributed by atoms with E-state index in [1.807, 2.05) is 23.1 Å². The van der Waals surface area contributed by atoms with Gasteiger partial charge in [-0.3, -0.25) is 9.48 Å². The van der Waals surface area contributed by atoms with Crippen molar-refractivity contribution in [2.24, 2.45) is 11.3 Å². The van der Waals surface area contributed by atoms with E-state index >= 15 is 0 Å². The van der Waals surface area contributed by atoms with Crippen LogP contribution in [-0.4, -0.2) is 38.6 Å². The molecule has 4 heterocycles. The molecular formula is C28H37N3O4. The second-order valence-electron chi connectivity index (χ2n) is 10.5. The fraction of sp³-hybridized carbons (Fsp3) is 0.536. The zero-order valence-corrected chi connectivity index (χ0v) is 21.5. The molecule has 2 aliphatic heterocycles. The molecular weight excluding hydrogens is 442 g/mol. The van der Waals surface area contributed by atoms with Gasteiger partial charge in [-0.25, -0.2) is 4.79 Å². The molecule has 7 nitrogen and oxygen atoms in total. The monoisotopic (exact) mass is 479 g/mol. The van der Waals surface area contributed by atoms with E-state index in [1.165, 1.54) is 17.8 Å². The minimum absolute atomic E-state index is 0.0290. The summed E-state index contributed by atoms with van der Waals surface area (Å²) in [5, 5.41) is 15.6.